The molecular weight excluding hydrogens is 331 g/mol. The first-order valence-corrected chi connectivity index (χ1v) is 7.31. The molecule has 122 valence electrons. The van der Waals surface area contributed by atoms with Crippen LogP contribution < -0.4 is 5.32 Å². The molecule has 0 aliphatic carbocycles. The molecule has 1 heterocycles. The van der Waals surface area contributed by atoms with E-state index in [9.17, 15) is 27.9 Å². The van der Waals surface area contributed by atoms with Gasteiger partial charge in [-0.2, -0.15) is 13.2 Å². The lowest BCUT2D eigenvalue weighted by atomic mass is 10.1. The van der Waals surface area contributed by atoms with Crippen molar-refractivity contribution in [1.29, 1.82) is 0 Å². The molecule has 0 bridgehead atoms. The van der Waals surface area contributed by atoms with Gasteiger partial charge in [0, 0.05) is 0 Å². The van der Waals surface area contributed by atoms with Gasteiger partial charge in [-0.05, 0) is 36.8 Å². The van der Waals surface area contributed by atoms with Gasteiger partial charge < -0.3 is 10.4 Å². The van der Waals surface area contributed by atoms with E-state index >= 15 is 0 Å². The SMILES string of the molecule is CC(NC(=O)c1ccc(C(=O)C(F)(F)F)s1)c1ccc(O)cc1. The number of hydrogen-bond donors (Lipinski definition) is 2. The second-order valence-corrected chi connectivity index (χ2v) is 5.86. The topological polar surface area (TPSA) is 66.4 Å². The van der Waals surface area contributed by atoms with Gasteiger partial charge in [-0.15, -0.1) is 11.3 Å². The van der Waals surface area contributed by atoms with Crippen molar-refractivity contribution in [3.63, 3.8) is 0 Å². The first kappa shape index (κ1) is 17.0. The number of carbonyl (C=O) groups is 2. The fraction of sp³-hybridized carbons (Fsp3) is 0.200. The number of aromatic hydroxyl groups is 1. The third-order valence-electron chi connectivity index (χ3n) is 3.05. The highest BCUT2D eigenvalue weighted by Gasteiger charge is 2.40. The van der Waals surface area contributed by atoms with Gasteiger partial charge in [-0.3, -0.25) is 9.59 Å². The number of benzene rings is 1. The van der Waals surface area contributed by atoms with Crippen molar-refractivity contribution < 1.29 is 27.9 Å². The smallest absolute Gasteiger partial charge is 0.455 e. The Morgan fingerprint density at radius 3 is 2.22 bits per heavy atom. The van der Waals surface area contributed by atoms with Crippen molar-refractivity contribution in [1.82, 2.24) is 5.32 Å². The van der Waals surface area contributed by atoms with Crippen LogP contribution in [0.25, 0.3) is 0 Å². The molecule has 2 rings (SSSR count). The summed E-state index contributed by atoms with van der Waals surface area (Å²) in [5.74, 6) is -2.45. The second kappa shape index (κ2) is 6.41. The molecule has 0 aliphatic rings. The van der Waals surface area contributed by atoms with E-state index in [1.54, 1.807) is 19.1 Å². The van der Waals surface area contributed by atoms with Crippen molar-refractivity contribution in [2.75, 3.05) is 0 Å². The van der Waals surface area contributed by atoms with Gasteiger partial charge in [0.05, 0.1) is 15.8 Å². The maximum Gasteiger partial charge on any atom is 0.455 e. The summed E-state index contributed by atoms with van der Waals surface area (Å²) in [6.07, 6.45) is -4.96. The maximum absolute atomic E-state index is 12.3. The third-order valence-corrected chi connectivity index (χ3v) is 4.13. The van der Waals surface area contributed by atoms with Crippen LogP contribution in [-0.2, 0) is 0 Å². The maximum atomic E-state index is 12.3. The molecule has 0 fully saturated rings. The summed E-state index contributed by atoms with van der Waals surface area (Å²) in [5, 5.41) is 11.8. The zero-order valence-electron chi connectivity index (χ0n) is 11.8. The number of hydrogen-bond acceptors (Lipinski definition) is 4. The monoisotopic (exact) mass is 343 g/mol. The van der Waals surface area contributed by atoms with Crippen LogP contribution in [0.15, 0.2) is 36.4 Å². The Morgan fingerprint density at radius 2 is 1.65 bits per heavy atom. The van der Waals surface area contributed by atoms with Gasteiger partial charge in [0.2, 0.25) is 0 Å². The zero-order valence-corrected chi connectivity index (χ0v) is 12.7. The fourth-order valence-corrected chi connectivity index (χ4v) is 2.70. The quantitative estimate of drug-likeness (QED) is 0.832. The van der Waals surface area contributed by atoms with Crippen molar-refractivity contribution in [2.24, 2.45) is 0 Å². The van der Waals surface area contributed by atoms with Crippen LogP contribution in [0.1, 0.15) is 37.9 Å². The molecule has 0 spiro atoms. The van der Waals surface area contributed by atoms with E-state index in [4.69, 9.17) is 0 Å². The van der Waals surface area contributed by atoms with Crippen molar-refractivity contribution >= 4 is 23.0 Å². The number of thiophene rings is 1. The first-order valence-electron chi connectivity index (χ1n) is 6.49. The molecule has 1 atom stereocenters. The highest BCUT2D eigenvalue weighted by Crippen LogP contribution is 2.27. The van der Waals surface area contributed by atoms with Crippen LogP contribution in [0.4, 0.5) is 13.2 Å². The number of ketones is 1. The molecule has 0 saturated heterocycles. The number of nitrogens with one attached hydrogen (secondary N) is 1. The standard InChI is InChI=1S/C15H12F3NO3S/c1-8(9-2-4-10(20)5-3-9)19-14(22)12-7-6-11(23-12)13(21)15(16,17)18/h2-8,20H,1H3,(H,19,22). The lowest BCUT2D eigenvalue weighted by molar-refractivity contribution is -0.0882. The second-order valence-electron chi connectivity index (χ2n) is 4.78. The Kier molecular flexibility index (Phi) is 4.74. The Labute approximate surface area is 133 Å². The van der Waals surface area contributed by atoms with Gasteiger partial charge in [0.15, 0.2) is 0 Å². The minimum Gasteiger partial charge on any atom is -0.508 e. The number of Topliss-reactive ketones (excluding diaryl/α,β-unsaturated/α-hetero) is 1. The molecule has 8 heteroatoms. The summed E-state index contributed by atoms with van der Waals surface area (Å²) in [4.78, 5) is 22.6. The molecule has 0 saturated carbocycles. The molecule has 23 heavy (non-hydrogen) atoms. The Morgan fingerprint density at radius 1 is 1.09 bits per heavy atom. The van der Waals surface area contributed by atoms with Gasteiger partial charge >= 0.3 is 6.18 Å². The number of carbonyl (C=O) groups excluding carboxylic acids is 2. The van der Waals surface area contributed by atoms with Crippen molar-refractivity contribution in [3.8, 4) is 5.75 Å². The molecule has 1 aromatic heterocycles. The molecule has 0 aliphatic heterocycles. The number of phenols is 1. The lowest BCUT2D eigenvalue weighted by Gasteiger charge is -2.13. The predicted molar refractivity (Wildman–Crippen MR) is 78.7 cm³/mol. The van der Waals surface area contributed by atoms with E-state index in [0.29, 0.717) is 11.3 Å². The third kappa shape index (κ3) is 4.10. The number of amides is 1. The Hall–Kier alpha value is -2.35. The number of alkyl halides is 3. The predicted octanol–water partition coefficient (Wildman–Crippen LogP) is 3.69. The molecule has 1 aromatic carbocycles. The van der Waals surface area contributed by atoms with E-state index in [-0.39, 0.29) is 10.6 Å². The fourth-order valence-electron chi connectivity index (χ4n) is 1.84. The highest BCUT2D eigenvalue weighted by molar-refractivity contribution is 7.16. The van der Waals surface area contributed by atoms with Crippen molar-refractivity contribution in [3.05, 3.63) is 51.7 Å². The van der Waals surface area contributed by atoms with Crippen molar-refractivity contribution in [2.45, 2.75) is 19.1 Å². The molecule has 0 radical (unpaired) electrons. The molecule has 2 N–H and O–H groups in total. The average molecular weight is 343 g/mol. The Balaban J connectivity index is 2.08. The van der Waals surface area contributed by atoms with E-state index in [1.807, 2.05) is 0 Å². The molecule has 2 aromatic rings. The van der Waals surface area contributed by atoms with Crippen LogP contribution in [0.3, 0.4) is 0 Å². The van der Waals surface area contributed by atoms with Crippen LogP contribution in [0.5, 0.6) is 5.75 Å². The van der Waals surface area contributed by atoms with Crippen LogP contribution in [-0.4, -0.2) is 23.0 Å². The lowest BCUT2D eigenvalue weighted by Crippen LogP contribution is -2.25. The molecule has 1 amide bonds. The van der Waals surface area contributed by atoms with Crippen LogP contribution >= 0.6 is 11.3 Å². The number of phenolic OH excluding ortho intramolecular Hbond substituents is 1. The molecular formula is C15H12F3NO3S. The van der Waals surface area contributed by atoms with E-state index in [2.05, 4.69) is 5.32 Å². The summed E-state index contributed by atoms with van der Waals surface area (Å²) in [6, 6.07) is 7.92. The van der Waals surface area contributed by atoms with Crippen LogP contribution in [0, 0.1) is 0 Å². The zero-order chi connectivity index (χ0) is 17.2. The minimum atomic E-state index is -4.96. The van der Waals surface area contributed by atoms with Crippen LogP contribution in [0.2, 0.25) is 0 Å². The summed E-state index contributed by atoms with van der Waals surface area (Å²) in [7, 11) is 0. The Bertz CT molecular complexity index is 722. The van der Waals surface area contributed by atoms with E-state index in [1.165, 1.54) is 18.2 Å². The first-order chi connectivity index (χ1) is 10.7. The average Bonchev–Trinajstić information content (AvgIpc) is 2.95. The van der Waals surface area contributed by atoms with Gasteiger partial charge in [0.1, 0.15) is 5.75 Å². The van der Waals surface area contributed by atoms with Gasteiger partial charge in [0.25, 0.3) is 11.7 Å². The summed E-state index contributed by atoms with van der Waals surface area (Å²) < 4.78 is 37.0. The normalized spacial score (nSPS) is 12.7. The largest absolute Gasteiger partial charge is 0.508 e. The summed E-state index contributed by atoms with van der Waals surface area (Å²) >= 11 is 0.494. The minimum absolute atomic E-state index is 0.0169. The van der Waals surface area contributed by atoms with Gasteiger partial charge in [-0.25, -0.2) is 0 Å². The van der Waals surface area contributed by atoms with E-state index < -0.39 is 28.8 Å². The molecule has 4 nitrogen and oxygen atoms in total. The molecule has 1 unspecified atom stereocenters. The van der Waals surface area contributed by atoms with Gasteiger partial charge in [-0.1, -0.05) is 12.1 Å². The number of rotatable bonds is 4. The van der Waals surface area contributed by atoms with E-state index in [0.717, 1.165) is 11.6 Å². The number of halogens is 3. The highest BCUT2D eigenvalue weighted by atomic mass is 32.1. The summed E-state index contributed by atoms with van der Waals surface area (Å²) in [5.41, 5.74) is 0.722. The summed E-state index contributed by atoms with van der Waals surface area (Å²) in [6.45, 7) is 1.69.